The Kier molecular flexibility index (Phi) is 5.19. The lowest BCUT2D eigenvalue weighted by Gasteiger charge is -2.08. The highest BCUT2D eigenvalue weighted by atomic mass is 16.5. The number of carbonyl (C=O) groups is 2. The third-order valence-corrected chi connectivity index (χ3v) is 3.03. The Hall–Kier alpha value is -3.03. The van der Waals surface area contributed by atoms with Gasteiger partial charge in [0.05, 0.1) is 12.7 Å². The van der Waals surface area contributed by atoms with Gasteiger partial charge in [-0.2, -0.15) is 0 Å². The summed E-state index contributed by atoms with van der Waals surface area (Å²) in [7, 11) is 1.53. The summed E-state index contributed by atoms with van der Waals surface area (Å²) in [4.78, 5) is 27.6. The predicted octanol–water partition coefficient (Wildman–Crippen LogP) is 1.44. The van der Waals surface area contributed by atoms with Crippen LogP contribution in [0, 0.1) is 13.8 Å². The largest absolute Gasteiger partial charge is 0.481 e. The van der Waals surface area contributed by atoms with Crippen LogP contribution in [0.3, 0.4) is 0 Å². The first-order valence-electron chi connectivity index (χ1n) is 6.89. The van der Waals surface area contributed by atoms with E-state index in [4.69, 9.17) is 9.15 Å². The SMILES string of the molecule is COc1ccc(CNC(=O)NNC(=O)c2cc(C)oc2C)cn1. The number of amides is 3. The molecule has 122 valence electrons. The average molecular weight is 318 g/mol. The van der Waals surface area contributed by atoms with Crippen molar-refractivity contribution in [2.75, 3.05) is 7.11 Å². The minimum absolute atomic E-state index is 0.266. The van der Waals surface area contributed by atoms with Crippen molar-refractivity contribution in [3.05, 3.63) is 47.0 Å². The van der Waals surface area contributed by atoms with Crippen LogP contribution in [0.2, 0.25) is 0 Å². The fourth-order valence-corrected chi connectivity index (χ4v) is 1.90. The molecule has 2 rings (SSSR count). The molecule has 0 aromatic carbocycles. The number of nitrogens with zero attached hydrogens (tertiary/aromatic N) is 1. The molecule has 0 aliphatic heterocycles. The zero-order valence-corrected chi connectivity index (χ0v) is 13.1. The van der Waals surface area contributed by atoms with Gasteiger partial charge in [-0.3, -0.25) is 10.2 Å². The lowest BCUT2D eigenvalue weighted by Crippen LogP contribution is -2.46. The second-order valence-corrected chi connectivity index (χ2v) is 4.80. The molecule has 8 nitrogen and oxygen atoms in total. The standard InChI is InChI=1S/C15H18N4O4/c1-9-6-12(10(2)23-9)14(20)18-19-15(21)17-8-11-4-5-13(22-3)16-7-11/h4-7H,8H2,1-3H3,(H,18,20)(H2,17,19,21). The van der Waals surface area contributed by atoms with Gasteiger partial charge in [0.25, 0.3) is 5.91 Å². The lowest BCUT2D eigenvalue weighted by molar-refractivity contribution is 0.0934. The van der Waals surface area contributed by atoms with Crippen LogP contribution in [-0.4, -0.2) is 24.0 Å². The van der Waals surface area contributed by atoms with Crippen molar-refractivity contribution in [2.45, 2.75) is 20.4 Å². The van der Waals surface area contributed by atoms with Gasteiger partial charge in [-0.15, -0.1) is 0 Å². The van der Waals surface area contributed by atoms with E-state index in [0.29, 0.717) is 23.0 Å². The van der Waals surface area contributed by atoms with E-state index in [0.717, 1.165) is 5.56 Å². The van der Waals surface area contributed by atoms with Gasteiger partial charge in [0.2, 0.25) is 5.88 Å². The summed E-state index contributed by atoms with van der Waals surface area (Å²) in [5.41, 5.74) is 5.76. The zero-order valence-electron chi connectivity index (χ0n) is 13.1. The number of pyridine rings is 1. The smallest absolute Gasteiger partial charge is 0.333 e. The third-order valence-electron chi connectivity index (χ3n) is 3.03. The molecular formula is C15H18N4O4. The third kappa shape index (κ3) is 4.47. The van der Waals surface area contributed by atoms with Gasteiger partial charge in [0.1, 0.15) is 11.5 Å². The number of hydrazine groups is 1. The molecule has 2 aromatic rings. The Morgan fingerprint density at radius 2 is 2.04 bits per heavy atom. The predicted molar refractivity (Wildman–Crippen MR) is 81.8 cm³/mol. The number of ether oxygens (including phenoxy) is 1. The number of hydrogen-bond donors (Lipinski definition) is 3. The minimum Gasteiger partial charge on any atom is -0.481 e. The summed E-state index contributed by atoms with van der Waals surface area (Å²) in [6.07, 6.45) is 1.59. The molecular weight excluding hydrogens is 300 g/mol. The summed E-state index contributed by atoms with van der Waals surface area (Å²) < 4.78 is 10.2. The van der Waals surface area contributed by atoms with E-state index in [-0.39, 0.29) is 6.54 Å². The summed E-state index contributed by atoms with van der Waals surface area (Å²) in [5, 5.41) is 2.59. The van der Waals surface area contributed by atoms with E-state index in [2.05, 4.69) is 21.2 Å². The maximum Gasteiger partial charge on any atom is 0.333 e. The van der Waals surface area contributed by atoms with Crippen LogP contribution in [0.15, 0.2) is 28.8 Å². The minimum atomic E-state index is -0.535. The zero-order chi connectivity index (χ0) is 16.8. The summed E-state index contributed by atoms with van der Waals surface area (Å²) >= 11 is 0. The van der Waals surface area contributed by atoms with Crippen molar-refractivity contribution in [1.82, 2.24) is 21.2 Å². The highest BCUT2D eigenvalue weighted by Crippen LogP contribution is 2.12. The number of aromatic nitrogens is 1. The van der Waals surface area contributed by atoms with Gasteiger partial charge < -0.3 is 14.5 Å². The Morgan fingerprint density at radius 3 is 2.61 bits per heavy atom. The molecule has 23 heavy (non-hydrogen) atoms. The van der Waals surface area contributed by atoms with Gasteiger partial charge in [-0.1, -0.05) is 6.07 Å². The van der Waals surface area contributed by atoms with E-state index >= 15 is 0 Å². The van der Waals surface area contributed by atoms with Crippen molar-refractivity contribution in [2.24, 2.45) is 0 Å². The van der Waals surface area contributed by atoms with E-state index in [1.165, 1.54) is 7.11 Å². The molecule has 0 aliphatic carbocycles. The monoisotopic (exact) mass is 318 g/mol. The fraction of sp³-hybridized carbons (Fsp3) is 0.267. The molecule has 0 unspecified atom stereocenters. The van der Waals surface area contributed by atoms with Crippen LogP contribution in [0.5, 0.6) is 5.88 Å². The summed E-state index contributed by atoms with van der Waals surface area (Å²) in [6.45, 7) is 3.69. The van der Waals surface area contributed by atoms with Gasteiger partial charge in [0, 0.05) is 18.8 Å². The number of aryl methyl sites for hydroxylation is 2. The first-order valence-corrected chi connectivity index (χ1v) is 6.89. The Labute approximate surface area is 133 Å². The van der Waals surface area contributed by atoms with E-state index < -0.39 is 11.9 Å². The summed E-state index contributed by atoms with van der Waals surface area (Å²) in [5.74, 6) is 1.17. The molecule has 2 aromatic heterocycles. The fourth-order valence-electron chi connectivity index (χ4n) is 1.90. The number of urea groups is 1. The summed E-state index contributed by atoms with van der Waals surface area (Å²) in [6, 6.07) is 4.54. The average Bonchev–Trinajstić information content (AvgIpc) is 2.89. The van der Waals surface area contributed by atoms with Crippen molar-refractivity contribution < 1.29 is 18.7 Å². The van der Waals surface area contributed by atoms with Crippen LogP contribution < -0.4 is 20.9 Å². The number of nitrogens with one attached hydrogen (secondary N) is 3. The molecule has 0 saturated heterocycles. The normalized spacial score (nSPS) is 10.0. The van der Waals surface area contributed by atoms with E-state index in [1.54, 1.807) is 38.2 Å². The maximum atomic E-state index is 11.9. The Morgan fingerprint density at radius 1 is 1.26 bits per heavy atom. The molecule has 0 aliphatic rings. The van der Waals surface area contributed by atoms with Crippen LogP contribution in [-0.2, 0) is 6.54 Å². The molecule has 0 radical (unpaired) electrons. The number of rotatable bonds is 4. The Bertz CT molecular complexity index is 694. The first-order chi connectivity index (χ1) is 11.0. The van der Waals surface area contributed by atoms with E-state index in [1.807, 2.05) is 0 Å². The molecule has 0 bridgehead atoms. The van der Waals surface area contributed by atoms with Gasteiger partial charge >= 0.3 is 6.03 Å². The van der Waals surface area contributed by atoms with Crippen molar-refractivity contribution in [3.63, 3.8) is 0 Å². The molecule has 0 spiro atoms. The number of methoxy groups -OCH3 is 1. The van der Waals surface area contributed by atoms with Gasteiger partial charge in [-0.05, 0) is 25.5 Å². The molecule has 0 saturated carbocycles. The van der Waals surface area contributed by atoms with Crippen LogP contribution in [0.1, 0.15) is 27.4 Å². The molecule has 8 heteroatoms. The molecule has 2 heterocycles. The number of carbonyl (C=O) groups excluding carboxylic acids is 2. The van der Waals surface area contributed by atoms with Gasteiger partial charge in [-0.25, -0.2) is 15.2 Å². The van der Waals surface area contributed by atoms with Crippen LogP contribution in [0.4, 0.5) is 4.79 Å². The molecule has 0 atom stereocenters. The number of hydrogen-bond acceptors (Lipinski definition) is 5. The topological polar surface area (TPSA) is 105 Å². The molecule has 0 fully saturated rings. The second kappa shape index (κ2) is 7.30. The van der Waals surface area contributed by atoms with Crippen molar-refractivity contribution >= 4 is 11.9 Å². The molecule has 3 N–H and O–H groups in total. The number of furan rings is 1. The van der Waals surface area contributed by atoms with E-state index in [9.17, 15) is 9.59 Å². The highest BCUT2D eigenvalue weighted by molar-refractivity contribution is 5.96. The first kappa shape index (κ1) is 16.3. The second-order valence-electron chi connectivity index (χ2n) is 4.80. The highest BCUT2D eigenvalue weighted by Gasteiger charge is 2.13. The Balaban J connectivity index is 1.78. The van der Waals surface area contributed by atoms with Crippen molar-refractivity contribution in [3.8, 4) is 5.88 Å². The van der Waals surface area contributed by atoms with Gasteiger partial charge in [0.15, 0.2) is 0 Å². The van der Waals surface area contributed by atoms with Crippen LogP contribution >= 0.6 is 0 Å². The quantitative estimate of drug-likeness (QED) is 0.740. The maximum absolute atomic E-state index is 11.9. The van der Waals surface area contributed by atoms with Crippen molar-refractivity contribution in [1.29, 1.82) is 0 Å². The van der Waals surface area contributed by atoms with Crippen LogP contribution in [0.25, 0.3) is 0 Å². The molecule has 3 amide bonds. The lowest BCUT2D eigenvalue weighted by atomic mass is 10.2.